The van der Waals surface area contributed by atoms with E-state index >= 15 is 0 Å². The lowest BCUT2D eigenvalue weighted by molar-refractivity contribution is -0.120. The van der Waals surface area contributed by atoms with E-state index in [9.17, 15) is 9.59 Å². The number of nitrogens with one attached hydrogen (secondary N) is 1. The van der Waals surface area contributed by atoms with Gasteiger partial charge in [0.05, 0.1) is 11.9 Å². The molecule has 1 aromatic heterocycles. The largest absolute Gasteiger partial charge is 0.323 e. The van der Waals surface area contributed by atoms with Crippen molar-refractivity contribution in [1.29, 1.82) is 0 Å². The molecule has 1 aromatic rings. The summed E-state index contributed by atoms with van der Waals surface area (Å²) in [5.74, 6) is -0.175. The number of anilines is 1. The molecule has 0 radical (unpaired) electrons. The number of amides is 1. The lowest BCUT2D eigenvalue weighted by Gasteiger charge is -2.17. The molecule has 1 atom stereocenters. The third kappa shape index (κ3) is 2.61. The second-order valence-corrected chi connectivity index (χ2v) is 4.65. The summed E-state index contributed by atoms with van der Waals surface area (Å²) < 4.78 is 1.13. The second kappa shape index (κ2) is 5.35. The Kier molecular flexibility index (Phi) is 3.81. The molecule has 0 saturated carbocycles. The zero-order valence-corrected chi connectivity index (χ0v) is 10.8. The van der Waals surface area contributed by atoms with E-state index < -0.39 is 5.56 Å². The fourth-order valence-corrected chi connectivity index (χ4v) is 2.08. The van der Waals surface area contributed by atoms with Gasteiger partial charge in [0.1, 0.15) is 5.02 Å². The van der Waals surface area contributed by atoms with Crippen LogP contribution in [0.25, 0.3) is 0 Å². The van der Waals surface area contributed by atoms with Gasteiger partial charge in [0, 0.05) is 13.0 Å². The Morgan fingerprint density at radius 1 is 1.56 bits per heavy atom. The highest BCUT2D eigenvalue weighted by Crippen LogP contribution is 2.22. The van der Waals surface area contributed by atoms with Crippen molar-refractivity contribution in [3.63, 3.8) is 0 Å². The summed E-state index contributed by atoms with van der Waals surface area (Å²) >= 11 is 5.88. The van der Waals surface area contributed by atoms with E-state index in [1.54, 1.807) is 0 Å². The summed E-state index contributed by atoms with van der Waals surface area (Å²) in [4.78, 5) is 23.5. The zero-order chi connectivity index (χ0) is 13.1. The molecular weight excluding hydrogens is 254 g/mol. The third-order valence-corrected chi connectivity index (χ3v) is 3.34. The Bertz CT molecular complexity index is 551. The number of halogens is 1. The Hall–Kier alpha value is -1.62. The maximum atomic E-state index is 12.0. The highest BCUT2D eigenvalue weighted by atomic mass is 35.5. The third-order valence-electron chi connectivity index (χ3n) is 2.98. The Balaban J connectivity index is 2.14. The zero-order valence-electron chi connectivity index (χ0n) is 10.0. The quantitative estimate of drug-likeness (QED) is 0.830. The van der Waals surface area contributed by atoms with Crippen LogP contribution in [-0.4, -0.2) is 15.7 Å². The molecule has 1 amide bonds. The molecule has 0 fully saturated rings. The highest BCUT2D eigenvalue weighted by Gasteiger charge is 2.20. The average Bonchev–Trinajstić information content (AvgIpc) is 2.40. The van der Waals surface area contributed by atoms with E-state index in [2.05, 4.69) is 16.5 Å². The number of carbonyl (C=O) groups is 1. The van der Waals surface area contributed by atoms with Crippen LogP contribution in [0.5, 0.6) is 0 Å². The van der Waals surface area contributed by atoms with Crippen LogP contribution in [0.2, 0.25) is 5.02 Å². The number of hydrogen-bond acceptors (Lipinski definition) is 3. The average molecular weight is 268 g/mol. The van der Waals surface area contributed by atoms with Crippen molar-refractivity contribution in [2.24, 2.45) is 13.0 Å². The summed E-state index contributed by atoms with van der Waals surface area (Å²) in [6.07, 6.45) is 7.90. The molecule has 6 heteroatoms. The summed E-state index contributed by atoms with van der Waals surface area (Å²) in [5.41, 5.74) is -0.141. The molecule has 5 nitrogen and oxygen atoms in total. The first-order chi connectivity index (χ1) is 8.59. The molecule has 0 aliphatic heterocycles. The van der Waals surface area contributed by atoms with Crippen LogP contribution in [0.4, 0.5) is 5.69 Å². The molecule has 0 bridgehead atoms. The predicted molar refractivity (Wildman–Crippen MR) is 69.6 cm³/mol. The molecule has 18 heavy (non-hydrogen) atoms. The van der Waals surface area contributed by atoms with E-state index in [-0.39, 0.29) is 22.5 Å². The number of rotatable bonds is 2. The van der Waals surface area contributed by atoms with Gasteiger partial charge in [-0.25, -0.2) is 4.68 Å². The SMILES string of the molecule is Cn1ncc(NC(=O)C2CC=CCC2)c(Cl)c1=O. The smallest absolute Gasteiger partial charge is 0.287 e. The van der Waals surface area contributed by atoms with E-state index in [0.29, 0.717) is 0 Å². The van der Waals surface area contributed by atoms with Crippen LogP contribution in [0.3, 0.4) is 0 Å². The summed E-state index contributed by atoms with van der Waals surface area (Å²) in [5, 5.41) is 6.49. The van der Waals surface area contributed by atoms with E-state index in [1.165, 1.54) is 13.2 Å². The summed E-state index contributed by atoms with van der Waals surface area (Å²) in [6.45, 7) is 0. The van der Waals surface area contributed by atoms with Crippen molar-refractivity contribution in [2.75, 3.05) is 5.32 Å². The number of nitrogens with zero attached hydrogens (tertiary/aromatic N) is 2. The number of carbonyl (C=O) groups excluding carboxylic acids is 1. The first-order valence-electron chi connectivity index (χ1n) is 5.77. The van der Waals surface area contributed by atoms with Crippen LogP contribution < -0.4 is 10.9 Å². The molecule has 1 aliphatic carbocycles. The first-order valence-corrected chi connectivity index (χ1v) is 6.15. The van der Waals surface area contributed by atoms with Gasteiger partial charge in [-0.15, -0.1) is 0 Å². The van der Waals surface area contributed by atoms with Crippen molar-refractivity contribution in [3.05, 3.63) is 33.7 Å². The minimum atomic E-state index is -0.419. The number of hydrogen-bond donors (Lipinski definition) is 1. The van der Waals surface area contributed by atoms with Gasteiger partial charge < -0.3 is 5.32 Å². The predicted octanol–water partition coefficient (Wildman–Crippen LogP) is 1.73. The van der Waals surface area contributed by atoms with Gasteiger partial charge in [-0.2, -0.15) is 5.10 Å². The Morgan fingerprint density at radius 2 is 2.33 bits per heavy atom. The first kappa shape index (κ1) is 12.8. The topological polar surface area (TPSA) is 64.0 Å². The van der Waals surface area contributed by atoms with Gasteiger partial charge in [-0.1, -0.05) is 23.8 Å². The minimum absolute atomic E-state index is 0.00722. The van der Waals surface area contributed by atoms with Crippen molar-refractivity contribution in [2.45, 2.75) is 19.3 Å². The molecule has 1 aliphatic rings. The Labute approximate surface area is 109 Å². The van der Waals surface area contributed by atoms with E-state index in [4.69, 9.17) is 11.6 Å². The fourth-order valence-electron chi connectivity index (χ4n) is 1.86. The van der Waals surface area contributed by atoms with Crippen LogP contribution >= 0.6 is 11.6 Å². The number of aromatic nitrogens is 2. The number of allylic oxidation sites excluding steroid dienone is 2. The second-order valence-electron chi connectivity index (χ2n) is 4.27. The van der Waals surface area contributed by atoms with Crippen molar-refractivity contribution < 1.29 is 4.79 Å². The van der Waals surface area contributed by atoms with Gasteiger partial charge in [0.2, 0.25) is 5.91 Å². The van der Waals surface area contributed by atoms with Gasteiger partial charge in [-0.05, 0) is 19.3 Å². The monoisotopic (exact) mass is 267 g/mol. The van der Waals surface area contributed by atoms with Crippen LogP contribution in [0.15, 0.2) is 23.1 Å². The molecule has 1 unspecified atom stereocenters. The highest BCUT2D eigenvalue weighted by molar-refractivity contribution is 6.33. The van der Waals surface area contributed by atoms with Gasteiger partial charge in [0.15, 0.2) is 0 Å². The van der Waals surface area contributed by atoms with Gasteiger partial charge >= 0.3 is 0 Å². The Morgan fingerprint density at radius 3 is 3.00 bits per heavy atom. The molecule has 1 N–H and O–H groups in total. The van der Waals surface area contributed by atoms with Gasteiger partial charge in [-0.3, -0.25) is 9.59 Å². The lowest BCUT2D eigenvalue weighted by Crippen LogP contribution is -2.26. The summed E-state index contributed by atoms with van der Waals surface area (Å²) in [6, 6.07) is 0. The summed E-state index contributed by atoms with van der Waals surface area (Å²) in [7, 11) is 1.51. The van der Waals surface area contributed by atoms with Crippen molar-refractivity contribution in [3.8, 4) is 0 Å². The standard InChI is InChI=1S/C12H14ClN3O2/c1-16-12(18)10(13)9(7-14-16)15-11(17)8-5-3-2-4-6-8/h2-3,7-8H,4-6H2,1H3,(H,15,17). The molecule has 0 aromatic carbocycles. The molecule has 0 spiro atoms. The van der Waals surface area contributed by atoms with E-state index in [1.807, 2.05) is 6.08 Å². The van der Waals surface area contributed by atoms with Gasteiger partial charge in [0.25, 0.3) is 5.56 Å². The maximum Gasteiger partial charge on any atom is 0.287 e. The van der Waals surface area contributed by atoms with Crippen LogP contribution in [0, 0.1) is 5.92 Å². The molecule has 2 rings (SSSR count). The molecule has 96 valence electrons. The minimum Gasteiger partial charge on any atom is -0.323 e. The maximum absolute atomic E-state index is 12.0. The lowest BCUT2D eigenvalue weighted by atomic mass is 9.93. The fraction of sp³-hybridized carbons (Fsp3) is 0.417. The van der Waals surface area contributed by atoms with Crippen LogP contribution in [-0.2, 0) is 11.8 Å². The molecular formula is C12H14ClN3O2. The van der Waals surface area contributed by atoms with Crippen LogP contribution in [0.1, 0.15) is 19.3 Å². The molecule has 0 saturated heterocycles. The van der Waals surface area contributed by atoms with Crippen molar-refractivity contribution in [1.82, 2.24) is 9.78 Å². The van der Waals surface area contributed by atoms with E-state index in [0.717, 1.165) is 23.9 Å². The molecule has 1 heterocycles. The number of aryl methyl sites for hydroxylation is 1. The van der Waals surface area contributed by atoms with Crippen molar-refractivity contribution >= 4 is 23.2 Å². The normalized spacial score (nSPS) is 18.7.